The van der Waals surface area contributed by atoms with Crippen LogP contribution >= 0.6 is 12.4 Å². The van der Waals surface area contributed by atoms with Crippen molar-refractivity contribution in [2.45, 2.75) is 19.9 Å². The summed E-state index contributed by atoms with van der Waals surface area (Å²) < 4.78 is 26.3. The molecule has 1 rings (SSSR count). The molecule has 5 heteroatoms. The highest BCUT2D eigenvalue weighted by molar-refractivity contribution is 5.85. The van der Waals surface area contributed by atoms with Gasteiger partial charge in [0.15, 0.2) is 0 Å². The maximum absolute atomic E-state index is 13.4. The van der Waals surface area contributed by atoms with E-state index in [0.29, 0.717) is 0 Å². The predicted octanol–water partition coefficient (Wildman–Crippen LogP) is 2.40. The monoisotopic (exact) mass is 251 g/mol. The molecule has 0 aliphatic rings. The molecule has 0 radical (unpaired) electrons. The van der Waals surface area contributed by atoms with Gasteiger partial charge in [-0.3, -0.25) is 0 Å². The standard InChI is InChI=1S/C11H15F2NO.ClH/c1-11(2,6-15)10(14)8-5-7(12)3-4-9(8)13;/h3-5,10,15H,6,14H2,1-2H3;1H/t10-;/m0./s1. The number of benzene rings is 1. The van der Waals surface area contributed by atoms with Crippen molar-refractivity contribution in [1.29, 1.82) is 0 Å². The summed E-state index contributed by atoms with van der Waals surface area (Å²) in [6.45, 7) is 3.20. The highest BCUT2D eigenvalue weighted by atomic mass is 35.5. The zero-order valence-corrected chi connectivity index (χ0v) is 10.0. The van der Waals surface area contributed by atoms with Crippen LogP contribution in [-0.2, 0) is 0 Å². The van der Waals surface area contributed by atoms with Crippen molar-refractivity contribution >= 4 is 12.4 Å². The Morgan fingerprint density at radius 2 is 1.94 bits per heavy atom. The Morgan fingerprint density at radius 1 is 1.38 bits per heavy atom. The maximum Gasteiger partial charge on any atom is 0.128 e. The van der Waals surface area contributed by atoms with Crippen molar-refractivity contribution in [2.75, 3.05) is 6.61 Å². The Balaban J connectivity index is 0.00000225. The van der Waals surface area contributed by atoms with Crippen LogP contribution in [0.4, 0.5) is 8.78 Å². The zero-order chi connectivity index (χ0) is 11.6. The van der Waals surface area contributed by atoms with Gasteiger partial charge in [0.05, 0.1) is 0 Å². The molecule has 1 aromatic rings. The van der Waals surface area contributed by atoms with E-state index in [2.05, 4.69) is 0 Å². The van der Waals surface area contributed by atoms with Crippen molar-refractivity contribution in [3.63, 3.8) is 0 Å². The summed E-state index contributed by atoms with van der Waals surface area (Å²) in [5.41, 5.74) is 5.19. The number of hydrogen-bond acceptors (Lipinski definition) is 2. The first kappa shape index (κ1) is 15.3. The Morgan fingerprint density at radius 3 is 2.44 bits per heavy atom. The van der Waals surface area contributed by atoms with Crippen molar-refractivity contribution in [2.24, 2.45) is 11.1 Å². The summed E-state index contributed by atoms with van der Waals surface area (Å²) >= 11 is 0. The lowest BCUT2D eigenvalue weighted by atomic mass is 9.81. The Hall–Kier alpha value is -0.710. The highest BCUT2D eigenvalue weighted by Crippen LogP contribution is 2.32. The minimum absolute atomic E-state index is 0. The van der Waals surface area contributed by atoms with Gasteiger partial charge in [0, 0.05) is 23.6 Å². The van der Waals surface area contributed by atoms with Crippen molar-refractivity contribution in [3.8, 4) is 0 Å². The largest absolute Gasteiger partial charge is 0.396 e. The first-order valence-electron chi connectivity index (χ1n) is 4.70. The third-order valence-corrected chi connectivity index (χ3v) is 2.54. The number of hydrogen-bond donors (Lipinski definition) is 2. The van der Waals surface area contributed by atoms with Crippen LogP contribution in [-0.4, -0.2) is 11.7 Å². The molecule has 0 saturated carbocycles. The summed E-state index contributed by atoms with van der Waals surface area (Å²) in [7, 11) is 0. The van der Waals surface area contributed by atoms with Gasteiger partial charge in [-0.15, -0.1) is 12.4 Å². The lowest BCUT2D eigenvalue weighted by molar-refractivity contribution is 0.130. The molecule has 92 valence electrons. The van der Waals surface area contributed by atoms with Crippen LogP contribution in [0, 0.1) is 17.0 Å². The fourth-order valence-electron chi connectivity index (χ4n) is 1.27. The molecule has 0 saturated heterocycles. The van der Waals surface area contributed by atoms with Crippen molar-refractivity contribution in [1.82, 2.24) is 0 Å². The minimum atomic E-state index is -0.738. The first-order valence-corrected chi connectivity index (χ1v) is 4.70. The van der Waals surface area contributed by atoms with Gasteiger partial charge in [-0.05, 0) is 18.2 Å². The summed E-state index contributed by atoms with van der Waals surface area (Å²) in [6.07, 6.45) is 0. The zero-order valence-electron chi connectivity index (χ0n) is 9.21. The molecule has 2 nitrogen and oxygen atoms in total. The van der Waals surface area contributed by atoms with Crippen LogP contribution in [0.5, 0.6) is 0 Å². The normalized spacial score (nSPS) is 13.1. The van der Waals surface area contributed by atoms with Gasteiger partial charge in [-0.2, -0.15) is 0 Å². The molecule has 0 amide bonds. The van der Waals surface area contributed by atoms with Crippen LogP contribution in [0.2, 0.25) is 0 Å². The lowest BCUT2D eigenvalue weighted by Gasteiger charge is -2.29. The van der Waals surface area contributed by atoms with Crippen LogP contribution in [0.25, 0.3) is 0 Å². The van der Waals surface area contributed by atoms with Gasteiger partial charge >= 0.3 is 0 Å². The molecule has 0 unspecified atom stereocenters. The average molecular weight is 252 g/mol. The van der Waals surface area contributed by atoms with Gasteiger partial charge in [0.1, 0.15) is 11.6 Å². The first-order chi connectivity index (χ1) is 6.88. The van der Waals surface area contributed by atoms with Crippen LogP contribution in [0.3, 0.4) is 0 Å². The fraction of sp³-hybridized carbons (Fsp3) is 0.455. The summed E-state index contributed by atoms with van der Waals surface area (Å²) in [4.78, 5) is 0. The second-order valence-electron chi connectivity index (χ2n) is 4.29. The Bertz CT molecular complexity index is 358. The molecule has 0 aliphatic heterocycles. The van der Waals surface area contributed by atoms with Gasteiger partial charge in [0.25, 0.3) is 0 Å². The molecule has 0 heterocycles. The Labute approximate surface area is 99.9 Å². The fourth-order valence-corrected chi connectivity index (χ4v) is 1.27. The van der Waals surface area contributed by atoms with E-state index < -0.39 is 23.1 Å². The third-order valence-electron chi connectivity index (χ3n) is 2.54. The number of halogens is 3. The third kappa shape index (κ3) is 3.14. The van der Waals surface area contributed by atoms with Gasteiger partial charge in [-0.1, -0.05) is 13.8 Å². The van der Waals surface area contributed by atoms with E-state index in [0.717, 1.165) is 18.2 Å². The molecule has 0 bridgehead atoms. The molecule has 1 atom stereocenters. The van der Waals surface area contributed by atoms with Crippen LogP contribution < -0.4 is 5.73 Å². The van der Waals surface area contributed by atoms with E-state index in [1.807, 2.05) is 0 Å². The van der Waals surface area contributed by atoms with E-state index in [1.165, 1.54) is 0 Å². The van der Waals surface area contributed by atoms with E-state index >= 15 is 0 Å². The average Bonchev–Trinajstić information content (AvgIpc) is 2.20. The molecule has 3 N–H and O–H groups in total. The van der Waals surface area contributed by atoms with Crippen molar-refractivity contribution in [3.05, 3.63) is 35.4 Å². The second kappa shape index (κ2) is 5.57. The molecular formula is C11H16ClF2NO. The molecule has 0 spiro atoms. The second-order valence-corrected chi connectivity index (χ2v) is 4.29. The highest BCUT2D eigenvalue weighted by Gasteiger charge is 2.29. The quantitative estimate of drug-likeness (QED) is 0.867. The number of aliphatic hydroxyl groups is 1. The summed E-state index contributed by atoms with van der Waals surface area (Å²) in [5.74, 6) is -1.08. The molecule has 0 aromatic heterocycles. The molecule has 0 fully saturated rings. The molecule has 16 heavy (non-hydrogen) atoms. The SMILES string of the molecule is CC(C)(CO)[C@@H](N)c1cc(F)ccc1F.Cl. The summed E-state index contributed by atoms with van der Waals surface area (Å²) in [5, 5.41) is 9.09. The summed E-state index contributed by atoms with van der Waals surface area (Å²) in [6, 6.07) is 2.41. The maximum atomic E-state index is 13.4. The Kier molecular flexibility index (Phi) is 5.32. The molecular weight excluding hydrogens is 236 g/mol. The van der Waals surface area contributed by atoms with E-state index in [9.17, 15) is 8.78 Å². The number of aliphatic hydroxyl groups excluding tert-OH is 1. The minimum Gasteiger partial charge on any atom is -0.396 e. The smallest absolute Gasteiger partial charge is 0.128 e. The van der Waals surface area contributed by atoms with Crippen LogP contribution in [0.1, 0.15) is 25.5 Å². The number of rotatable bonds is 3. The van der Waals surface area contributed by atoms with Gasteiger partial charge in [-0.25, -0.2) is 8.78 Å². The predicted molar refractivity (Wildman–Crippen MR) is 61.4 cm³/mol. The van der Waals surface area contributed by atoms with E-state index in [-0.39, 0.29) is 24.6 Å². The van der Waals surface area contributed by atoms with Gasteiger partial charge in [0.2, 0.25) is 0 Å². The number of nitrogens with two attached hydrogens (primary N) is 1. The van der Waals surface area contributed by atoms with E-state index in [4.69, 9.17) is 10.8 Å². The van der Waals surface area contributed by atoms with Crippen molar-refractivity contribution < 1.29 is 13.9 Å². The van der Waals surface area contributed by atoms with Crippen LogP contribution in [0.15, 0.2) is 18.2 Å². The van der Waals surface area contributed by atoms with Gasteiger partial charge < -0.3 is 10.8 Å². The molecule has 0 aliphatic carbocycles. The van der Waals surface area contributed by atoms with E-state index in [1.54, 1.807) is 13.8 Å². The lowest BCUT2D eigenvalue weighted by Crippen LogP contribution is -2.33. The topological polar surface area (TPSA) is 46.2 Å². The molecule has 1 aromatic carbocycles.